The van der Waals surface area contributed by atoms with Gasteiger partial charge in [0.15, 0.2) is 0 Å². The molecular formula is C25H24N6O2. The van der Waals surface area contributed by atoms with Crippen LogP contribution in [-0.4, -0.2) is 49.0 Å². The standard InChI is InChI=1S/C25H24N6O2/c1-29-23(18(13-26-29)25(33)30-10-5-11-30)24(32)28-20-12-22-27-21(17-6-3-2-4-7-17)15-31(22)14-19(20)16-8-9-16/h2-4,6-7,12-16H,5,8-11H2,1H3,(H,28,32). The molecule has 2 amide bonds. The first kappa shape index (κ1) is 19.7. The molecule has 1 aromatic carbocycles. The molecule has 0 radical (unpaired) electrons. The van der Waals surface area contributed by atoms with Crippen molar-refractivity contribution in [3.8, 4) is 11.3 Å². The number of aryl methyl sites for hydroxylation is 1. The van der Waals surface area contributed by atoms with Crippen LogP contribution in [0.15, 0.2) is 55.0 Å². The molecule has 2 aliphatic rings. The summed E-state index contributed by atoms with van der Waals surface area (Å²) in [5, 5.41) is 7.25. The first-order valence-electron chi connectivity index (χ1n) is 11.3. The van der Waals surface area contributed by atoms with Gasteiger partial charge in [0.25, 0.3) is 11.8 Å². The first-order chi connectivity index (χ1) is 16.1. The van der Waals surface area contributed by atoms with Crippen molar-refractivity contribution in [2.45, 2.75) is 25.2 Å². The van der Waals surface area contributed by atoms with Gasteiger partial charge < -0.3 is 14.6 Å². The van der Waals surface area contributed by atoms with Gasteiger partial charge in [0.05, 0.1) is 17.5 Å². The molecule has 8 nitrogen and oxygen atoms in total. The summed E-state index contributed by atoms with van der Waals surface area (Å²) in [5.41, 5.74) is 5.14. The molecule has 1 saturated carbocycles. The van der Waals surface area contributed by atoms with E-state index < -0.39 is 0 Å². The van der Waals surface area contributed by atoms with E-state index in [1.54, 1.807) is 11.9 Å². The van der Waals surface area contributed by atoms with Crippen LogP contribution in [0.2, 0.25) is 0 Å². The monoisotopic (exact) mass is 440 g/mol. The van der Waals surface area contributed by atoms with Gasteiger partial charge in [0.1, 0.15) is 11.3 Å². The van der Waals surface area contributed by atoms with E-state index in [1.165, 1.54) is 10.9 Å². The zero-order chi connectivity index (χ0) is 22.5. The molecule has 1 aliphatic heterocycles. The molecule has 1 saturated heterocycles. The lowest BCUT2D eigenvalue weighted by Gasteiger charge is -2.30. The van der Waals surface area contributed by atoms with Gasteiger partial charge in [-0.15, -0.1) is 0 Å². The summed E-state index contributed by atoms with van der Waals surface area (Å²) in [4.78, 5) is 32.6. The number of likely N-dealkylation sites (tertiary alicyclic amines) is 1. The molecule has 4 aromatic rings. The number of carbonyl (C=O) groups is 2. The molecule has 8 heteroatoms. The smallest absolute Gasteiger partial charge is 0.274 e. The van der Waals surface area contributed by atoms with Crippen LogP contribution in [0.5, 0.6) is 0 Å². The Morgan fingerprint density at radius 2 is 1.88 bits per heavy atom. The van der Waals surface area contributed by atoms with E-state index in [4.69, 9.17) is 4.98 Å². The zero-order valence-corrected chi connectivity index (χ0v) is 18.4. The number of carbonyl (C=O) groups excluding carboxylic acids is 2. The van der Waals surface area contributed by atoms with Crippen molar-refractivity contribution in [1.29, 1.82) is 0 Å². The summed E-state index contributed by atoms with van der Waals surface area (Å²) < 4.78 is 3.50. The van der Waals surface area contributed by atoms with Gasteiger partial charge in [-0.25, -0.2) is 4.98 Å². The van der Waals surface area contributed by atoms with Gasteiger partial charge in [-0.3, -0.25) is 14.3 Å². The maximum atomic E-state index is 13.3. The predicted octanol–water partition coefficient (Wildman–Crippen LogP) is 3.71. The Hall–Kier alpha value is -3.94. The topological polar surface area (TPSA) is 84.5 Å². The molecule has 0 spiro atoms. The summed E-state index contributed by atoms with van der Waals surface area (Å²) in [6, 6.07) is 12.0. The SMILES string of the molecule is Cn1ncc(C(=O)N2CCC2)c1C(=O)Nc1cc2nc(-c3ccccc3)cn2cc1C1CC1. The number of hydrogen-bond donors (Lipinski definition) is 1. The van der Waals surface area contributed by atoms with Gasteiger partial charge in [-0.2, -0.15) is 5.10 Å². The third-order valence-corrected chi connectivity index (χ3v) is 6.49. The highest BCUT2D eigenvalue weighted by molar-refractivity contribution is 6.11. The Kier molecular flexibility index (Phi) is 4.53. The van der Waals surface area contributed by atoms with E-state index >= 15 is 0 Å². The number of nitrogens with zero attached hydrogens (tertiary/aromatic N) is 5. The average molecular weight is 441 g/mol. The predicted molar refractivity (Wildman–Crippen MR) is 124 cm³/mol. The lowest BCUT2D eigenvalue weighted by molar-refractivity contribution is 0.0648. The molecule has 33 heavy (non-hydrogen) atoms. The van der Waals surface area contributed by atoms with E-state index in [-0.39, 0.29) is 17.5 Å². The Labute approximate surface area is 190 Å². The lowest BCUT2D eigenvalue weighted by Crippen LogP contribution is -2.42. The van der Waals surface area contributed by atoms with Crippen LogP contribution in [0, 0.1) is 0 Å². The van der Waals surface area contributed by atoms with Crippen molar-refractivity contribution in [2.24, 2.45) is 7.05 Å². The van der Waals surface area contributed by atoms with Crippen molar-refractivity contribution in [1.82, 2.24) is 24.1 Å². The van der Waals surface area contributed by atoms with Crippen LogP contribution in [0.4, 0.5) is 5.69 Å². The van der Waals surface area contributed by atoms with Crippen LogP contribution in [0.3, 0.4) is 0 Å². The minimum atomic E-state index is -0.333. The highest BCUT2D eigenvalue weighted by Gasteiger charge is 2.31. The molecule has 0 bridgehead atoms. The lowest BCUT2D eigenvalue weighted by atomic mass is 10.1. The Morgan fingerprint density at radius 3 is 2.58 bits per heavy atom. The molecule has 2 fully saturated rings. The largest absolute Gasteiger partial charge is 0.338 e. The molecule has 4 heterocycles. The Balaban J connectivity index is 1.36. The first-order valence-corrected chi connectivity index (χ1v) is 11.3. The molecule has 1 aliphatic carbocycles. The minimum Gasteiger partial charge on any atom is -0.338 e. The third-order valence-electron chi connectivity index (χ3n) is 6.49. The van der Waals surface area contributed by atoms with E-state index in [0.717, 1.165) is 60.5 Å². The number of aromatic nitrogens is 4. The summed E-state index contributed by atoms with van der Waals surface area (Å²) in [5.74, 6) is -0.0564. The van der Waals surface area contributed by atoms with Gasteiger partial charge in [-0.05, 0) is 30.7 Å². The van der Waals surface area contributed by atoms with Crippen LogP contribution in [-0.2, 0) is 7.05 Å². The van der Waals surface area contributed by atoms with E-state index in [9.17, 15) is 9.59 Å². The van der Waals surface area contributed by atoms with Gasteiger partial charge >= 0.3 is 0 Å². The van der Waals surface area contributed by atoms with Gasteiger partial charge in [0, 0.05) is 49.8 Å². The fraction of sp³-hybridized carbons (Fsp3) is 0.280. The zero-order valence-electron chi connectivity index (χ0n) is 18.4. The number of pyridine rings is 1. The minimum absolute atomic E-state index is 0.141. The van der Waals surface area contributed by atoms with Gasteiger partial charge in [0.2, 0.25) is 0 Å². The summed E-state index contributed by atoms with van der Waals surface area (Å²) in [6.07, 6.45) is 8.76. The molecule has 6 rings (SSSR count). The number of benzene rings is 1. The number of imidazole rings is 1. The Bertz CT molecular complexity index is 1380. The summed E-state index contributed by atoms with van der Waals surface area (Å²) in [7, 11) is 1.69. The second-order valence-corrected chi connectivity index (χ2v) is 8.80. The van der Waals surface area contributed by atoms with Crippen LogP contribution in [0.1, 0.15) is 51.6 Å². The number of amides is 2. The summed E-state index contributed by atoms with van der Waals surface area (Å²) in [6.45, 7) is 1.45. The maximum absolute atomic E-state index is 13.3. The van der Waals surface area contributed by atoms with E-state index in [2.05, 4.69) is 16.6 Å². The maximum Gasteiger partial charge on any atom is 0.274 e. The van der Waals surface area contributed by atoms with Crippen molar-refractivity contribution >= 4 is 23.1 Å². The number of anilines is 1. The van der Waals surface area contributed by atoms with Crippen molar-refractivity contribution in [3.63, 3.8) is 0 Å². The molecule has 1 N–H and O–H groups in total. The number of fused-ring (bicyclic) bond motifs is 1. The quantitative estimate of drug-likeness (QED) is 0.513. The fourth-order valence-corrected chi connectivity index (χ4v) is 4.36. The van der Waals surface area contributed by atoms with Crippen LogP contribution >= 0.6 is 0 Å². The van der Waals surface area contributed by atoms with Crippen molar-refractivity contribution in [3.05, 3.63) is 71.8 Å². The molecular weight excluding hydrogens is 416 g/mol. The molecule has 0 unspecified atom stereocenters. The Morgan fingerprint density at radius 1 is 1.09 bits per heavy atom. The van der Waals surface area contributed by atoms with Gasteiger partial charge in [-0.1, -0.05) is 30.3 Å². The second-order valence-electron chi connectivity index (χ2n) is 8.80. The molecule has 0 atom stereocenters. The highest BCUT2D eigenvalue weighted by atomic mass is 16.2. The number of nitrogens with one attached hydrogen (secondary N) is 1. The fourth-order valence-electron chi connectivity index (χ4n) is 4.36. The molecule has 166 valence electrons. The summed E-state index contributed by atoms with van der Waals surface area (Å²) >= 11 is 0. The third kappa shape index (κ3) is 3.47. The second kappa shape index (κ2) is 7.58. The average Bonchev–Trinajstić information content (AvgIpc) is 3.42. The van der Waals surface area contributed by atoms with E-state index in [1.807, 2.05) is 47.0 Å². The number of hydrogen-bond acceptors (Lipinski definition) is 4. The highest BCUT2D eigenvalue weighted by Crippen LogP contribution is 2.44. The number of rotatable bonds is 5. The van der Waals surface area contributed by atoms with Crippen molar-refractivity contribution in [2.75, 3.05) is 18.4 Å². The normalized spacial score (nSPS) is 15.5. The van der Waals surface area contributed by atoms with E-state index in [0.29, 0.717) is 11.5 Å². The van der Waals surface area contributed by atoms with Crippen molar-refractivity contribution < 1.29 is 9.59 Å². The molecule has 3 aromatic heterocycles. The van der Waals surface area contributed by atoms with Crippen LogP contribution in [0.25, 0.3) is 16.9 Å². The van der Waals surface area contributed by atoms with Crippen LogP contribution < -0.4 is 5.32 Å².